The smallest absolute Gasteiger partial charge is 0.163 e. The predicted molar refractivity (Wildman–Crippen MR) is 58.0 cm³/mol. The van der Waals surface area contributed by atoms with Crippen molar-refractivity contribution in [2.24, 2.45) is 0 Å². The van der Waals surface area contributed by atoms with Crippen LogP contribution in [0.4, 0.5) is 8.78 Å². The summed E-state index contributed by atoms with van der Waals surface area (Å²) >= 11 is 5.51. The Kier molecular flexibility index (Phi) is 5.58. The van der Waals surface area contributed by atoms with Gasteiger partial charge in [-0.25, -0.2) is 8.78 Å². The third kappa shape index (κ3) is 4.14. The standard InChI is InChI=1S/C11H14ClF2N/c12-6-1-2-7-15-8-9-4-3-5-10(13)11(9)14/h3-5,15H,1-2,6-8H2. The maximum absolute atomic E-state index is 13.1. The van der Waals surface area contributed by atoms with E-state index in [-0.39, 0.29) is 0 Å². The highest BCUT2D eigenvalue weighted by Crippen LogP contribution is 2.10. The van der Waals surface area contributed by atoms with E-state index >= 15 is 0 Å². The van der Waals surface area contributed by atoms with Gasteiger partial charge in [-0.3, -0.25) is 0 Å². The first kappa shape index (κ1) is 12.4. The Labute approximate surface area is 93.4 Å². The summed E-state index contributed by atoms with van der Waals surface area (Å²) in [4.78, 5) is 0. The summed E-state index contributed by atoms with van der Waals surface area (Å²) in [6, 6.07) is 4.20. The maximum atomic E-state index is 13.1. The molecule has 0 unspecified atom stereocenters. The van der Waals surface area contributed by atoms with Gasteiger partial charge in [0.1, 0.15) is 0 Å². The maximum Gasteiger partial charge on any atom is 0.163 e. The molecule has 15 heavy (non-hydrogen) atoms. The van der Waals surface area contributed by atoms with Gasteiger partial charge in [-0.15, -0.1) is 11.6 Å². The minimum Gasteiger partial charge on any atom is -0.313 e. The summed E-state index contributed by atoms with van der Waals surface area (Å²) in [7, 11) is 0. The van der Waals surface area contributed by atoms with Crippen LogP contribution in [0.25, 0.3) is 0 Å². The third-order valence-corrected chi connectivity index (χ3v) is 2.35. The number of halogens is 3. The van der Waals surface area contributed by atoms with Crippen molar-refractivity contribution in [2.75, 3.05) is 12.4 Å². The van der Waals surface area contributed by atoms with Crippen molar-refractivity contribution in [1.29, 1.82) is 0 Å². The van der Waals surface area contributed by atoms with Crippen molar-refractivity contribution >= 4 is 11.6 Å². The molecule has 1 nitrogen and oxygen atoms in total. The normalized spacial score (nSPS) is 10.6. The highest BCUT2D eigenvalue weighted by atomic mass is 35.5. The summed E-state index contributed by atoms with van der Waals surface area (Å²) in [6.07, 6.45) is 1.88. The van der Waals surface area contributed by atoms with Crippen molar-refractivity contribution in [2.45, 2.75) is 19.4 Å². The lowest BCUT2D eigenvalue weighted by molar-refractivity contribution is 0.492. The first-order valence-corrected chi connectivity index (χ1v) is 5.48. The number of rotatable bonds is 6. The van der Waals surface area contributed by atoms with Crippen LogP contribution in [0.2, 0.25) is 0 Å². The molecule has 0 aromatic heterocycles. The van der Waals surface area contributed by atoms with Crippen molar-refractivity contribution in [3.63, 3.8) is 0 Å². The molecule has 0 fully saturated rings. The molecule has 0 bridgehead atoms. The van der Waals surface area contributed by atoms with Gasteiger partial charge in [-0.05, 0) is 25.5 Å². The van der Waals surface area contributed by atoms with Crippen LogP contribution in [0.5, 0.6) is 0 Å². The van der Waals surface area contributed by atoms with Crippen molar-refractivity contribution in [3.8, 4) is 0 Å². The average molecular weight is 234 g/mol. The van der Waals surface area contributed by atoms with E-state index in [9.17, 15) is 8.78 Å². The second-order valence-electron chi connectivity index (χ2n) is 3.29. The molecule has 1 rings (SSSR count). The Morgan fingerprint density at radius 2 is 2.00 bits per heavy atom. The van der Waals surface area contributed by atoms with E-state index in [2.05, 4.69) is 5.32 Å². The van der Waals surface area contributed by atoms with E-state index in [1.807, 2.05) is 0 Å². The van der Waals surface area contributed by atoms with Crippen LogP contribution in [0.15, 0.2) is 18.2 Å². The van der Waals surface area contributed by atoms with E-state index < -0.39 is 11.6 Å². The Balaban J connectivity index is 2.34. The molecule has 4 heteroatoms. The van der Waals surface area contributed by atoms with Gasteiger partial charge in [0.05, 0.1) is 0 Å². The molecular weight excluding hydrogens is 220 g/mol. The van der Waals surface area contributed by atoms with Crippen molar-refractivity contribution < 1.29 is 8.78 Å². The summed E-state index contributed by atoms with van der Waals surface area (Å²) in [6.45, 7) is 1.12. The molecule has 0 saturated carbocycles. The number of unbranched alkanes of at least 4 members (excludes halogenated alkanes) is 1. The molecule has 0 amide bonds. The van der Waals surface area contributed by atoms with Crippen molar-refractivity contribution in [1.82, 2.24) is 5.32 Å². The lowest BCUT2D eigenvalue weighted by Gasteiger charge is -2.05. The summed E-state index contributed by atoms with van der Waals surface area (Å²) in [5.74, 6) is -0.923. The SMILES string of the molecule is Fc1cccc(CNCCCCCl)c1F. The van der Waals surface area contributed by atoms with Crippen molar-refractivity contribution in [3.05, 3.63) is 35.4 Å². The first-order chi connectivity index (χ1) is 7.25. The Bertz CT molecular complexity index is 305. The van der Waals surface area contributed by atoms with E-state index in [1.54, 1.807) is 6.07 Å². The second-order valence-corrected chi connectivity index (χ2v) is 3.66. The summed E-state index contributed by atoms with van der Waals surface area (Å²) in [5, 5.41) is 3.04. The van der Waals surface area contributed by atoms with Gasteiger partial charge in [0, 0.05) is 18.0 Å². The van der Waals surface area contributed by atoms with Crippen LogP contribution in [-0.4, -0.2) is 12.4 Å². The molecule has 0 saturated heterocycles. The third-order valence-electron chi connectivity index (χ3n) is 2.08. The number of benzene rings is 1. The monoisotopic (exact) mass is 233 g/mol. The summed E-state index contributed by atoms with van der Waals surface area (Å²) in [5.41, 5.74) is 0.362. The molecule has 0 spiro atoms. The highest BCUT2D eigenvalue weighted by Gasteiger charge is 2.06. The van der Waals surface area contributed by atoms with E-state index in [1.165, 1.54) is 6.07 Å². The molecule has 0 atom stereocenters. The highest BCUT2D eigenvalue weighted by molar-refractivity contribution is 6.17. The predicted octanol–water partition coefficient (Wildman–Crippen LogP) is 3.07. The second kappa shape index (κ2) is 6.75. The van der Waals surface area contributed by atoms with Gasteiger partial charge < -0.3 is 5.32 Å². The number of hydrogen-bond donors (Lipinski definition) is 1. The van der Waals surface area contributed by atoms with Crippen LogP contribution >= 0.6 is 11.6 Å². The van der Waals surface area contributed by atoms with Gasteiger partial charge in [-0.2, -0.15) is 0 Å². The fourth-order valence-electron chi connectivity index (χ4n) is 1.25. The van der Waals surface area contributed by atoms with E-state index in [0.29, 0.717) is 18.0 Å². The zero-order chi connectivity index (χ0) is 11.1. The van der Waals surface area contributed by atoms with Crippen LogP contribution in [-0.2, 0) is 6.54 Å². The Hall–Kier alpha value is -0.670. The molecule has 0 aliphatic carbocycles. The lowest BCUT2D eigenvalue weighted by atomic mass is 10.2. The van der Waals surface area contributed by atoms with E-state index in [4.69, 9.17) is 11.6 Å². The van der Waals surface area contributed by atoms with Crippen LogP contribution in [0.3, 0.4) is 0 Å². The average Bonchev–Trinajstić information content (AvgIpc) is 2.24. The fourth-order valence-corrected chi connectivity index (χ4v) is 1.44. The molecule has 0 aliphatic rings. The van der Waals surface area contributed by atoms with Gasteiger partial charge in [0.2, 0.25) is 0 Å². The van der Waals surface area contributed by atoms with E-state index in [0.717, 1.165) is 25.5 Å². The zero-order valence-corrected chi connectivity index (χ0v) is 9.16. The topological polar surface area (TPSA) is 12.0 Å². The van der Waals surface area contributed by atoms with Crippen LogP contribution in [0.1, 0.15) is 18.4 Å². The Morgan fingerprint density at radius 3 is 2.73 bits per heavy atom. The lowest BCUT2D eigenvalue weighted by Crippen LogP contribution is -2.16. The van der Waals surface area contributed by atoms with Crippen LogP contribution < -0.4 is 5.32 Å². The van der Waals surface area contributed by atoms with Crippen LogP contribution in [0, 0.1) is 11.6 Å². The molecule has 84 valence electrons. The molecule has 0 radical (unpaired) electrons. The Morgan fingerprint density at radius 1 is 1.20 bits per heavy atom. The molecule has 1 aromatic rings. The largest absolute Gasteiger partial charge is 0.313 e. The minimum absolute atomic E-state index is 0.353. The number of nitrogens with one attached hydrogen (secondary N) is 1. The quantitative estimate of drug-likeness (QED) is 0.588. The molecule has 0 aliphatic heterocycles. The molecule has 1 N–H and O–H groups in total. The molecule has 0 heterocycles. The zero-order valence-electron chi connectivity index (χ0n) is 8.40. The van der Waals surface area contributed by atoms with Gasteiger partial charge in [0.15, 0.2) is 11.6 Å². The fraction of sp³-hybridized carbons (Fsp3) is 0.455. The van der Waals surface area contributed by atoms with Gasteiger partial charge in [-0.1, -0.05) is 12.1 Å². The first-order valence-electron chi connectivity index (χ1n) is 4.95. The minimum atomic E-state index is -0.796. The molecular formula is C11H14ClF2N. The van der Waals surface area contributed by atoms with Gasteiger partial charge in [0.25, 0.3) is 0 Å². The molecule has 1 aromatic carbocycles. The van der Waals surface area contributed by atoms with Gasteiger partial charge >= 0.3 is 0 Å². The number of hydrogen-bond acceptors (Lipinski definition) is 1. The summed E-state index contributed by atoms with van der Waals surface area (Å²) < 4.78 is 25.9. The number of alkyl halides is 1.